The quantitative estimate of drug-likeness (QED) is 0.374. The van der Waals surface area contributed by atoms with Gasteiger partial charge in [-0.3, -0.25) is 19.3 Å². The van der Waals surface area contributed by atoms with Crippen molar-refractivity contribution in [2.75, 3.05) is 17.7 Å². The number of amides is 2. The van der Waals surface area contributed by atoms with Crippen LogP contribution in [0.5, 0.6) is 0 Å². The third-order valence-electron chi connectivity index (χ3n) is 3.14. The van der Waals surface area contributed by atoms with Gasteiger partial charge in [-0.2, -0.15) is 0 Å². The van der Waals surface area contributed by atoms with E-state index in [0.717, 1.165) is 4.90 Å². The number of nitrogens with zero attached hydrogens (tertiary/aromatic N) is 1. The average molecular weight is 393 g/mol. The molecule has 2 aliphatic heterocycles. The molecule has 2 N–H and O–H groups in total. The van der Waals surface area contributed by atoms with E-state index in [9.17, 15) is 24.3 Å². The molecular weight excluding hydrogens is 380 g/mol. The molecule has 0 aromatic rings. The Morgan fingerprint density at radius 3 is 2.73 bits per heavy atom. The number of alkyl halides is 1. The van der Waals surface area contributed by atoms with Crippen molar-refractivity contribution in [2.45, 2.75) is 18.3 Å². The van der Waals surface area contributed by atoms with Crippen LogP contribution in [0.2, 0.25) is 0 Å². The number of carboxylic acids is 1. The number of β-lactam (4-membered cyclic amide) rings is 1. The molecule has 8 nitrogen and oxygen atoms in total. The van der Waals surface area contributed by atoms with Gasteiger partial charge in [-0.15, -0.1) is 11.8 Å². The highest BCUT2D eigenvalue weighted by atomic mass is 79.9. The molecule has 2 aliphatic rings. The van der Waals surface area contributed by atoms with Crippen LogP contribution in [-0.4, -0.2) is 62.9 Å². The van der Waals surface area contributed by atoms with Gasteiger partial charge in [-0.25, -0.2) is 4.79 Å². The van der Waals surface area contributed by atoms with Crippen molar-refractivity contribution in [2.24, 2.45) is 0 Å². The third kappa shape index (κ3) is 3.12. The topological polar surface area (TPSA) is 113 Å². The number of aliphatic carboxylic acids is 1. The van der Waals surface area contributed by atoms with Crippen molar-refractivity contribution < 1.29 is 29.0 Å². The van der Waals surface area contributed by atoms with Crippen LogP contribution in [0, 0.1) is 0 Å². The number of hydrogen-bond acceptors (Lipinski definition) is 6. The molecule has 1 saturated heterocycles. The number of hydrogen-bond donors (Lipinski definition) is 2. The predicted octanol–water partition coefficient (Wildman–Crippen LogP) is -0.317. The smallest absolute Gasteiger partial charge is 0.352 e. The van der Waals surface area contributed by atoms with Crippen molar-refractivity contribution in [3.05, 3.63) is 11.3 Å². The SMILES string of the molecule is CC(=O)OCC1=C(C(=O)O)N2C(=O)C(NC(=O)CBr)[C@H]2SC1. The number of rotatable bonds is 5. The molecule has 0 radical (unpaired) electrons. The Hall–Kier alpha value is -1.55. The van der Waals surface area contributed by atoms with Gasteiger partial charge in [0.1, 0.15) is 23.7 Å². The molecule has 0 spiro atoms. The molecule has 0 aromatic heterocycles. The van der Waals surface area contributed by atoms with E-state index in [0.29, 0.717) is 11.3 Å². The molecular formula is C12H13BrN2O6S. The zero-order valence-corrected chi connectivity index (χ0v) is 13.9. The number of thioether (sulfide) groups is 1. The molecule has 10 heteroatoms. The maximum atomic E-state index is 12.1. The van der Waals surface area contributed by atoms with Gasteiger partial charge in [-0.1, -0.05) is 15.9 Å². The number of carboxylic acid groups (broad SMARTS) is 1. The Morgan fingerprint density at radius 1 is 1.50 bits per heavy atom. The summed E-state index contributed by atoms with van der Waals surface area (Å²) in [6, 6.07) is -0.736. The molecule has 0 aromatic carbocycles. The average Bonchev–Trinajstić information content (AvgIpc) is 2.48. The second-order valence-electron chi connectivity index (χ2n) is 4.63. The normalized spacial score (nSPS) is 23.5. The Bertz CT molecular complexity index is 578. The van der Waals surface area contributed by atoms with Crippen molar-refractivity contribution in [1.82, 2.24) is 10.2 Å². The lowest BCUT2D eigenvalue weighted by Gasteiger charge is -2.49. The van der Waals surface area contributed by atoms with E-state index in [1.807, 2.05) is 0 Å². The van der Waals surface area contributed by atoms with E-state index >= 15 is 0 Å². The highest BCUT2D eigenvalue weighted by molar-refractivity contribution is 9.09. The molecule has 2 heterocycles. The van der Waals surface area contributed by atoms with Crippen LogP contribution in [0.15, 0.2) is 11.3 Å². The zero-order chi connectivity index (χ0) is 16.4. The van der Waals surface area contributed by atoms with Crippen LogP contribution in [0.4, 0.5) is 0 Å². The van der Waals surface area contributed by atoms with Crippen molar-refractivity contribution >= 4 is 51.4 Å². The summed E-state index contributed by atoms with van der Waals surface area (Å²) in [6.45, 7) is 1.05. The van der Waals surface area contributed by atoms with Gasteiger partial charge in [-0.05, 0) is 0 Å². The van der Waals surface area contributed by atoms with Gasteiger partial charge >= 0.3 is 11.9 Å². The minimum absolute atomic E-state index is 0.0630. The summed E-state index contributed by atoms with van der Waals surface area (Å²) < 4.78 is 4.83. The summed E-state index contributed by atoms with van der Waals surface area (Å²) in [5.74, 6) is -2.30. The number of carbonyl (C=O) groups excluding carboxylic acids is 3. The van der Waals surface area contributed by atoms with E-state index in [1.165, 1.54) is 18.7 Å². The first kappa shape index (κ1) is 16.8. The van der Waals surface area contributed by atoms with Crippen molar-refractivity contribution in [3.63, 3.8) is 0 Å². The first-order valence-electron chi connectivity index (χ1n) is 6.25. The molecule has 2 amide bonds. The van der Waals surface area contributed by atoms with Crippen molar-refractivity contribution in [1.29, 1.82) is 0 Å². The van der Waals surface area contributed by atoms with Crippen LogP contribution in [0.25, 0.3) is 0 Å². The first-order chi connectivity index (χ1) is 10.4. The molecule has 0 bridgehead atoms. The molecule has 2 atom stereocenters. The Kier molecular flexibility index (Phi) is 5.12. The second kappa shape index (κ2) is 6.69. The van der Waals surface area contributed by atoms with Gasteiger partial charge in [0.15, 0.2) is 0 Å². The van der Waals surface area contributed by atoms with Crippen molar-refractivity contribution in [3.8, 4) is 0 Å². The lowest BCUT2D eigenvalue weighted by atomic mass is 10.0. The van der Waals surface area contributed by atoms with E-state index in [1.54, 1.807) is 0 Å². The number of carbonyl (C=O) groups is 4. The van der Waals surface area contributed by atoms with Crippen LogP contribution < -0.4 is 5.32 Å². The Balaban J connectivity index is 2.19. The fraction of sp³-hybridized carbons (Fsp3) is 0.500. The predicted molar refractivity (Wildman–Crippen MR) is 80.1 cm³/mol. The van der Waals surface area contributed by atoms with Crippen LogP contribution in [0.3, 0.4) is 0 Å². The molecule has 1 unspecified atom stereocenters. The van der Waals surface area contributed by atoms with Crippen LogP contribution in [0.1, 0.15) is 6.92 Å². The minimum Gasteiger partial charge on any atom is -0.477 e. The van der Waals surface area contributed by atoms with Crippen LogP contribution in [-0.2, 0) is 23.9 Å². The zero-order valence-electron chi connectivity index (χ0n) is 11.5. The summed E-state index contributed by atoms with van der Waals surface area (Å²) in [5.41, 5.74) is 0.196. The van der Waals surface area contributed by atoms with Gasteiger partial charge in [0.25, 0.3) is 5.91 Å². The van der Waals surface area contributed by atoms with E-state index in [-0.39, 0.29) is 23.5 Å². The maximum Gasteiger partial charge on any atom is 0.352 e. The molecule has 1 fully saturated rings. The van der Waals surface area contributed by atoms with E-state index in [2.05, 4.69) is 21.2 Å². The molecule has 120 valence electrons. The number of fused-ring (bicyclic) bond motifs is 1. The summed E-state index contributed by atoms with van der Waals surface area (Å²) in [6.07, 6.45) is 0. The Labute approximate surface area is 138 Å². The van der Waals surface area contributed by atoms with E-state index < -0.39 is 29.3 Å². The lowest BCUT2D eigenvalue weighted by Crippen LogP contribution is -2.70. The summed E-state index contributed by atoms with van der Waals surface area (Å²) >= 11 is 4.31. The largest absolute Gasteiger partial charge is 0.477 e. The minimum atomic E-state index is -1.26. The lowest BCUT2D eigenvalue weighted by molar-refractivity contribution is -0.150. The van der Waals surface area contributed by atoms with Gasteiger partial charge in [0.05, 0.1) is 5.33 Å². The molecule has 2 rings (SSSR count). The van der Waals surface area contributed by atoms with Gasteiger partial charge < -0.3 is 15.2 Å². The third-order valence-corrected chi connectivity index (χ3v) is 4.99. The standard InChI is InChI=1S/C12H13BrN2O6S/c1-5(16)21-3-6-4-22-11-8(14-7(17)2-13)10(18)15(11)9(6)12(19)20/h8,11H,2-4H2,1H3,(H,14,17)(H,19,20)/t8?,11-/m1/s1. The second-order valence-corrected chi connectivity index (χ2v) is 6.29. The maximum absolute atomic E-state index is 12.1. The summed E-state index contributed by atoms with van der Waals surface area (Å²) in [5, 5.41) is 11.5. The first-order valence-corrected chi connectivity index (χ1v) is 8.42. The van der Waals surface area contributed by atoms with E-state index in [4.69, 9.17) is 4.74 Å². The molecule has 0 aliphatic carbocycles. The summed E-state index contributed by atoms with van der Waals surface area (Å²) in [4.78, 5) is 46.9. The fourth-order valence-electron chi connectivity index (χ4n) is 2.20. The highest BCUT2D eigenvalue weighted by Crippen LogP contribution is 2.40. The Morgan fingerprint density at radius 2 is 2.18 bits per heavy atom. The number of halogens is 1. The van der Waals surface area contributed by atoms with Gasteiger partial charge in [0, 0.05) is 18.2 Å². The molecule has 22 heavy (non-hydrogen) atoms. The number of nitrogens with one attached hydrogen (secondary N) is 1. The van der Waals surface area contributed by atoms with Gasteiger partial charge in [0.2, 0.25) is 5.91 Å². The molecule has 0 saturated carbocycles. The summed E-state index contributed by atoms with van der Waals surface area (Å²) in [7, 11) is 0. The highest BCUT2D eigenvalue weighted by Gasteiger charge is 2.54. The number of esters is 1. The number of ether oxygens (including phenoxy) is 1. The monoisotopic (exact) mass is 392 g/mol. The van der Waals surface area contributed by atoms with Crippen LogP contribution >= 0.6 is 27.7 Å². The fourth-order valence-corrected chi connectivity index (χ4v) is 3.68.